The maximum atomic E-state index is 11.4. The third-order valence-electron chi connectivity index (χ3n) is 3.08. The van der Waals surface area contributed by atoms with Gasteiger partial charge < -0.3 is 14.4 Å². The maximum absolute atomic E-state index is 11.4. The van der Waals surface area contributed by atoms with Crippen molar-refractivity contribution in [3.8, 4) is 0 Å². The molecule has 1 rings (SSSR count). The lowest BCUT2D eigenvalue weighted by molar-refractivity contribution is -0.135. The Morgan fingerprint density at radius 1 is 1.39 bits per heavy atom. The highest BCUT2D eigenvalue weighted by atomic mass is 16.5. The van der Waals surface area contributed by atoms with Crippen molar-refractivity contribution in [1.82, 2.24) is 4.90 Å². The molecule has 0 saturated carbocycles. The summed E-state index contributed by atoms with van der Waals surface area (Å²) in [6, 6.07) is 0. The van der Waals surface area contributed by atoms with Crippen LogP contribution in [0.15, 0.2) is 24.4 Å². The quantitative estimate of drug-likeness (QED) is 0.413. The van der Waals surface area contributed by atoms with Crippen LogP contribution in [-0.4, -0.2) is 43.3 Å². The number of hydrogen-bond donors (Lipinski definition) is 0. The van der Waals surface area contributed by atoms with E-state index < -0.39 is 5.60 Å². The van der Waals surface area contributed by atoms with Gasteiger partial charge in [0.25, 0.3) is 0 Å². The van der Waals surface area contributed by atoms with E-state index in [1.54, 1.807) is 6.08 Å². The van der Waals surface area contributed by atoms with Gasteiger partial charge >= 0.3 is 5.97 Å². The highest BCUT2D eigenvalue weighted by molar-refractivity contribution is 5.82. The van der Waals surface area contributed by atoms with Gasteiger partial charge in [0.2, 0.25) is 0 Å². The summed E-state index contributed by atoms with van der Waals surface area (Å²) < 4.78 is 10.4. The molecule has 1 fully saturated rings. The van der Waals surface area contributed by atoms with Crippen molar-refractivity contribution in [1.29, 1.82) is 0 Å². The lowest BCUT2D eigenvalue weighted by Gasteiger charge is -2.26. The molecule has 0 amide bonds. The van der Waals surface area contributed by atoms with Gasteiger partial charge in [0.05, 0.1) is 19.3 Å². The van der Waals surface area contributed by atoms with Gasteiger partial charge in [-0.2, -0.15) is 0 Å². The van der Waals surface area contributed by atoms with E-state index in [2.05, 4.69) is 16.2 Å². The van der Waals surface area contributed by atoms with Gasteiger partial charge in [-0.25, -0.2) is 4.79 Å². The molecule has 0 unspecified atom stereocenters. The van der Waals surface area contributed by atoms with Crippen molar-refractivity contribution in [3.05, 3.63) is 24.4 Å². The number of methoxy groups -OCH3 is 1. The van der Waals surface area contributed by atoms with Crippen molar-refractivity contribution in [3.63, 3.8) is 0 Å². The summed E-state index contributed by atoms with van der Waals surface area (Å²) in [5, 5.41) is 0. The van der Waals surface area contributed by atoms with Gasteiger partial charge in [-0.15, -0.1) is 6.58 Å². The molecule has 1 aliphatic rings. The molecule has 4 nitrogen and oxygen atoms in total. The van der Waals surface area contributed by atoms with E-state index in [0.29, 0.717) is 6.61 Å². The molecule has 0 radical (unpaired) electrons. The molecule has 0 aromatic carbocycles. The van der Waals surface area contributed by atoms with Crippen molar-refractivity contribution in [2.45, 2.75) is 32.3 Å². The van der Waals surface area contributed by atoms with Crippen LogP contribution in [0.4, 0.5) is 0 Å². The topological polar surface area (TPSA) is 38.8 Å². The van der Waals surface area contributed by atoms with Crippen LogP contribution < -0.4 is 0 Å². The predicted molar refractivity (Wildman–Crippen MR) is 71.1 cm³/mol. The minimum atomic E-state index is -0.394. The van der Waals surface area contributed by atoms with Crippen LogP contribution in [0, 0.1) is 0 Å². The Morgan fingerprint density at radius 3 is 2.50 bits per heavy atom. The fraction of sp³-hybridized carbons (Fsp3) is 0.643. The summed E-state index contributed by atoms with van der Waals surface area (Å²) in [5.41, 5.74) is 0.490. The zero-order valence-electron chi connectivity index (χ0n) is 11.6. The van der Waals surface area contributed by atoms with Gasteiger partial charge in [-0.1, -0.05) is 6.08 Å². The first kappa shape index (κ1) is 14.8. The van der Waals surface area contributed by atoms with E-state index in [-0.39, 0.29) is 5.97 Å². The zero-order valence-corrected chi connectivity index (χ0v) is 11.6. The molecule has 0 aromatic heterocycles. The van der Waals surface area contributed by atoms with Crippen molar-refractivity contribution in [2.24, 2.45) is 0 Å². The summed E-state index contributed by atoms with van der Waals surface area (Å²) >= 11 is 0. The molecule has 18 heavy (non-hydrogen) atoms. The normalized spacial score (nSPS) is 16.8. The number of likely N-dealkylation sites (tertiary alicyclic amines) is 1. The van der Waals surface area contributed by atoms with E-state index in [9.17, 15) is 4.79 Å². The number of nitrogens with zero attached hydrogens (tertiary/aromatic N) is 1. The molecule has 0 atom stereocenters. The van der Waals surface area contributed by atoms with Crippen molar-refractivity contribution < 1.29 is 14.3 Å². The molecule has 0 aromatic rings. The van der Waals surface area contributed by atoms with Crippen LogP contribution in [0.3, 0.4) is 0 Å². The molecule has 1 aliphatic heterocycles. The minimum absolute atomic E-state index is 0.336. The van der Waals surface area contributed by atoms with Crippen LogP contribution in [0.25, 0.3) is 0 Å². The van der Waals surface area contributed by atoms with Crippen LogP contribution in [-0.2, 0) is 14.3 Å². The lowest BCUT2D eigenvalue weighted by Crippen LogP contribution is -2.28. The Kier molecular flexibility index (Phi) is 5.41. The first-order valence-electron chi connectivity index (χ1n) is 6.29. The molecule has 102 valence electrons. The molecule has 0 bridgehead atoms. The van der Waals surface area contributed by atoms with Gasteiger partial charge in [0, 0.05) is 24.9 Å². The summed E-state index contributed by atoms with van der Waals surface area (Å²) in [4.78, 5) is 13.5. The first-order valence-corrected chi connectivity index (χ1v) is 6.29. The number of carbonyl (C=O) groups is 1. The molecule has 1 saturated heterocycles. The van der Waals surface area contributed by atoms with E-state index in [1.165, 1.54) is 13.2 Å². The van der Waals surface area contributed by atoms with E-state index in [0.717, 1.165) is 31.6 Å². The summed E-state index contributed by atoms with van der Waals surface area (Å²) in [6.07, 6.45) is 5.59. The largest absolute Gasteiger partial charge is 0.466 e. The number of esters is 1. The van der Waals surface area contributed by atoms with Crippen molar-refractivity contribution in [2.75, 3.05) is 26.8 Å². The molecule has 0 N–H and O–H groups in total. The van der Waals surface area contributed by atoms with E-state index in [4.69, 9.17) is 4.74 Å². The zero-order chi connectivity index (χ0) is 13.6. The average Bonchev–Trinajstić information content (AvgIpc) is 2.87. The third-order valence-corrected chi connectivity index (χ3v) is 3.08. The van der Waals surface area contributed by atoms with Crippen LogP contribution in [0.5, 0.6) is 0 Å². The van der Waals surface area contributed by atoms with Crippen LogP contribution in [0.1, 0.15) is 26.7 Å². The second kappa shape index (κ2) is 6.59. The van der Waals surface area contributed by atoms with Crippen LogP contribution in [0.2, 0.25) is 0 Å². The molecule has 4 heteroatoms. The predicted octanol–water partition coefficient (Wildman–Crippen LogP) is 2.12. The number of rotatable bonds is 6. The summed E-state index contributed by atoms with van der Waals surface area (Å²) in [7, 11) is 1.38. The monoisotopic (exact) mass is 253 g/mol. The Balaban J connectivity index is 2.68. The fourth-order valence-corrected chi connectivity index (χ4v) is 1.74. The van der Waals surface area contributed by atoms with Crippen LogP contribution >= 0.6 is 0 Å². The second-order valence-electron chi connectivity index (χ2n) is 4.95. The molecule has 1 heterocycles. The van der Waals surface area contributed by atoms with Crippen molar-refractivity contribution >= 4 is 5.97 Å². The molecule has 0 spiro atoms. The maximum Gasteiger partial charge on any atom is 0.332 e. The first-order chi connectivity index (χ1) is 8.48. The van der Waals surface area contributed by atoms with Gasteiger partial charge in [0.1, 0.15) is 0 Å². The lowest BCUT2D eigenvalue weighted by atomic mass is 10.1. The van der Waals surface area contributed by atoms with Gasteiger partial charge in [0.15, 0.2) is 0 Å². The standard InChI is InChI=1S/C14H23NO3/c1-5-14(2,3)18-11-12(10-13(16)17-4)15-8-6-7-9-15/h5,10H,1,6-9,11H2,2-4H3/b12-10+. The molecule has 0 aliphatic carbocycles. The van der Waals surface area contributed by atoms with Gasteiger partial charge in [-0.3, -0.25) is 0 Å². The summed E-state index contributed by atoms with van der Waals surface area (Å²) in [5.74, 6) is -0.336. The molecular formula is C14H23NO3. The Bertz CT molecular complexity index is 328. The smallest absolute Gasteiger partial charge is 0.332 e. The number of ether oxygens (including phenoxy) is 2. The van der Waals surface area contributed by atoms with E-state index >= 15 is 0 Å². The number of hydrogen-bond acceptors (Lipinski definition) is 4. The summed E-state index contributed by atoms with van der Waals surface area (Å²) in [6.45, 7) is 9.97. The average molecular weight is 253 g/mol. The Morgan fingerprint density at radius 2 is 2.00 bits per heavy atom. The highest BCUT2D eigenvalue weighted by Gasteiger charge is 2.20. The Hall–Kier alpha value is -1.29. The fourth-order valence-electron chi connectivity index (χ4n) is 1.74. The SMILES string of the molecule is C=CC(C)(C)OC/C(=C\C(=O)OC)N1CCCC1. The third kappa shape index (κ3) is 4.53. The molecular weight excluding hydrogens is 230 g/mol. The van der Waals surface area contributed by atoms with E-state index in [1.807, 2.05) is 13.8 Å². The Labute approximate surface area is 109 Å². The van der Waals surface area contributed by atoms with Gasteiger partial charge in [-0.05, 0) is 26.7 Å². The minimum Gasteiger partial charge on any atom is -0.466 e. The highest BCUT2D eigenvalue weighted by Crippen LogP contribution is 2.18. The number of carbonyl (C=O) groups excluding carboxylic acids is 1. The second-order valence-corrected chi connectivity index (χ2v) is 4.95.